The lowest BCUT2D eigenvalue weighted by Crippen LogP contribution is -2.54. The van der Waals surface area contributed by atoms with Crippen molar-refractivity contribution in [3.8, 4) is 6.07 Å². The first-order valence-corrected chi connectivity index (χ1v) is 12.0. The van der Waals surface area contributed by atoms with Gasteiger partial charge in [0.05, 0.1) is 53.0 Å². The average molecular weight is 525 g/mol. The van der Waals surface area contributed by atoms with E-state index in [4.69, 9.17) is 22.9 Å². The molecule has 4 rings (SSSR count). The summed E-state index contributed by atoms with van der Waals surface area (Å²) in [5, 5.41) is 33.8. The summed E-state index contributed by atoms with van der Waals surface area (Å²) in [6.07, 6.45) is 0.401. The molecule has 2 atom stereocenters. The Morgan fingerprint density at radius 1 is 1.43 bits per heavy atom. The Bertz CT molecular complexity index is 1400. The smallest absolute Gasteiger partial charge is 0.407 e. The van der Waals surface area contributed by atoms with Crippen LogP contribution in [0.2, 0.25) is 5.02 Å². The van der Waals surface area contributed by atoms with E-state index in [9.17, 15) is 15.2 Å². The molecule has 1 aliphatic heterocycles. The van der Waals surface area contributed by atoms with Gasteiger partial charge < -0.3 is 35.5 Å². The number of amides is 1. The molecule has 0 bridgehead atoms. The van der Waals surface area contributed by atoms with Crippen molar-refractivity contribution < 1.29 is 14.6 Å². The zero-order chi connectivity index (χ0) is 26.5. The van der Waals surface area contributed by atoms with Crippen molar-refractivity contribution >= 4 is 52.3 Å². The van der Waals surface area contributed by atoms with Crippen molar-refractivity contribution in [2.24, 2.45) is 0 Å². The monoisotopic (exact) mass is 524 g/mol. The number of anilines is 4. The summed E-state index contributed by atoms with van der Waals surface area (Å²) < 4.78 is 6.28. The maximum absolute atomic E-state index is 11.8. The van der Waals surface area contributed by atoms with Crippen LogP contribution >= 0.6 is 11.6 Å². The first-order valence-electron chi connectivity index (χ1n) is 11.6. The van der Waals surface area contributed by atoms with Gasteiger partial charge in [-0.3, -0.25) is 0 Å². The van der Waals surface area contributed by atoms with Crippen LogP contribution in [0.3, 0.4) is 0 Å². The van der Waals surface area contributed by atoms with E-state index in [-0.39, 0.29) is 24.9 Å². The molecule has 0 radical (unpaired) electrons. The fourth-order valence-corrected chi connectivity index (χ4v) is 4.32. The van der Waals surface area contributed by atoms with Crippen LogP contribution in [0, 0.1) is 17.9 Å². The van der Waals surface area contributed by atoms with Crippen LogP contribution in [0.15, 0.2) is 18.3 Å². The highest BCUT2D eigenvalue weighted by molar-refractivity contribution is 6.36. The third-order valence-electron chi connectivity index (χ3n) is 5.73. The van der Waals surface area contributed by atoms with E-state index >= 15 is 0 Å². The van der Waals surface area contributed by atoms with E-state index in [0.717, 1.165) is 0 Å². The van der Waals surface area contributed by atoms with Crippen molar-refractivity contribution in [2.75, 3.05) is 41.8 Å². The summed E-state index contributed by atoms with van der Waals surface area (Å²) >= 11 is 6.76. The molecule has 1 saturated heterocycles. The van der Waals surface area contributed by atoms with Crippen LogP contribution in [0.25, 0.3) is 10.5 Å². The molecular weight excluding hydrogens is 500 g/mol. The Morgan fingerprint density at radius 3 is 2.92 bits per heavy atom. The van der Waals surface area contributed by atoms with Gasteiger partial charge in [0.15, 0.2) is 5.82 Å². The Balaban J connectivity index is 1.63. The molecule has 3 heterocycles. The lowest BCUT2D eigenvalue weighted by molar-refractivity contribution is 0.0977. The number of alkyl carbamates (subject to hydrolysis) is 1. The Hall–Kier alpha value is -4.33. The van der Waals surface area contributed by atoms with Crippen molar-refractivity contribution in [1.29, 1.82) is 5.26 Å². The number of nitriles is 1. The second-order valence-corrected chi connectivity index (χ2v) is 8.52. The SMILES string of the molecule is [C-]#[N+]c1cnc2c(NCC)nc(Nc3cc(C#N)cc(N4CC[C@@H](NC(=O)OCC)[C@H](O)C4)c3Cl)nn12. The highest BCUT2D eigenvalue weighted by Gasteiger charge is 2.31. The number of hydrogen-bond acceptors (Lipinski definition) is 10. The van der Waals surface area contributed by atoms with Crippen LogP contribution in [-0.4, -0.2) is 69.2 Å². The number of piperidine rings is 1. The standard InChI is InChI=1S/C23H25ClN10O3/c1-4-27-20-21-28-11-18(26-3)34(21)32-22(31-20)29-15-8-13(10-25)9-16(19(15)24)33-7-6-14(17(35)12-33)30-23(36)37-5-2/h8-9,11,14,17,35H,4-7,12H2,1-2H3,(H,30,36)(H2,27,29,31,32)/t14-,17-/m1/s1. The van der Waals surface area contributed by atoms with Gasteiger partial charge in [0.2, 0.25) is 0 Å². The number of aromatic nitrogens is 4. The Kier molecular flexibility index (Phi) is 7.77. The lowest BCUT2D eigenvalue weighted by Gasteiger charge is -2.38. The second-order valence-electron chi connectivity index (χ2n) is 8.15. The van der Waals surface area contributed by atoms with E-state index in [1.165, 1.54) is 10.7 Å². The first kappa shape index (κ1) is 25.8. The number of hydrogen-bond donors (Lipinski definition) is 4. The molecule has 4 N–H and O–H groups in total. The maximum atomic E-state index is 11.8. The summed E-state index contributed by atoms with van der Waals surface area (Å²) in [6.45, 7) is 12.4. The van der Waals surface area contributed by atoms with Gasteiger partial charge in [-0.15, -0.1) is 4.52 Å². The molecule has 192 valence electrons. The van der Waals surface area contributed by atoms with Gasteiger partial charge in [-0.05, 0) is 32.4 Å². The van der Waals surface area contributed by atoms with Crippen molar-refractivity contribution in [3.05, 3.63) is 40.3 Å². The summed E-state index contributed by atoms with van der Waals surface area (Å²) in [7, 11) is 0. The summed E-state index contributed by atoms with van der Waals surface area (Å²) in [5.41, 5.74) is 1.66. The minimum Gasteiger partial charge on any atom is -0.450 e. The molecule has 0 saturated carbocycles. The number of carbonyl (C=O) groups excluding carboxylic acids is 1. The molecule has 14 heteroatoms. The quantitative estimate of drug-likeness (QED) is 0.338. The van der Waals surface area contributed by atoms with Crippen LogP contribution in [0.4, 0.5) is 33.8 Å². The van der Waals surface area contributed by atoms with Crippen molar-refractivity contribution in [3.63, 3.8) is 0 Å². The minimum absolute atomic E-state index is 0.145. The average Bonchev–Trinajstić information content (AvgIpc) is 3.30. The number of nitrogens with one attached hydrogen (secondary N) is 3. The Morgan fingerprint density at radius 2 is 2.24 bits per heavy atom. The number of ether oxygens (including phenoxy) is 1. The number of fused-ring (bicyclic) bond motifs is 1. The van der Waals surface area contributed by atoms with Gasteiger partial charge in [0, 0.05) is 19.6 Å². The number of aliphatic hydroxyl groups excluding tert-OH is 1. The predicted molar refractivity (Wildman–Crippen MR) is 137 cm³/mol. The zero-order valence-electron chi connectivity index (χ0n) is 20.2. The molecule has 0 spiro atoms. The van der Waals surface area contributed by atoms with E-state index in [1.54, 1.807) is 19.1 Å². The van der Waals surface area contributed by atoms with Gasteiger partial charge >= 0.3 is 6.09 Å². The Labute approximate surface area is 217 Å². The minimum atomic E-state index is -0.877. The molecule has 13 nitrogen and oxygen atoms in total. The van der Waals surface area contributed by atoms with E-state index in [0.29, 0.717) is 52.9 Å². The largest absolute Gasteiger partial charge is 0.450 e. The summed E-state index contributed by atoms with van der Waals surface area (Å²) in [6, 6.07) is 4.87. The number of aliphatic hydroxyl groups is 1. The normalized spacial score (nSPS) is 17.1. The molecule has 0 aliphatic carbocycles. The van der Waals surface area contributed by atoms with Gasteiger partial charge in [0.25, 0.3) is 17.4 Å². The third-order valence-corrected chi connectivity index (χ3v) is 6.13. The highest BCUT2D eigenvalue weighted by Crippen LogP contribution is 2.37. The topological polar surface area (TPSA) is 157 Å². The van der Waals surface area contributed by atoms with Crippen LogP contribution < -0.4 is 20.9 Å². The summed E-state index contributed by atoms with van der Waals surface area (Å²) in [5.74, 6) is 0.791. The van der Waals surface area contributed by atoms with Crippen molar-refractivity contribution in [2.45, 2.75) is 32.4 Å². The number of benzene rings is 1. The molecule has 3 aromatic rings. The molecule has 0 unspecified atom stereocenters. The fourth-order valence-electron chi connectivity index (χ4n) is 4.04. The highest BCUT2D eigenvalue weighted by atomic mass is 35.5. The molecule has 1 fully saturated rings. The second kappa shape index (κ2) is 11.2. The maximum Gasteiger partial charge on any atom is 0.407 e. The fraction of sp³-hybridized carbons (Fsp3) is 0.391. The van der Waals surface area contributed by atoms with E-state index < -0.39 is 18.2 Å². The number of nitrogens with zero attached hydrogens (tertiary/aromatic N) is 7. The van der Waals surface area contributed by atoms with Crippen molar-refractivity contribution in [1.82, 2.24) is 24.9 Å². The molecule has 2 aromatic heterocycles. The van der Waals surface area contributed by atoms with Crippen LogP contribution in [0.5, 0.6) is 0 Å². The van der Waals surface area contributed by atoms with Gasteiger partial charge in [0.1, 0.15) is 0 Å². The lowest BCUT2D eigenvalue weighted by atomic mass is 10.0. The van der Waals surface area contributed by atoms with E-state index in [1.807, 2.05) is 11.8 Å². The molecule has 1 amide bonds. The first-order chi connectivity index (χ1) is 17.9. The number of halogens is 1. The molecule has 1 aliphatic rings. The van der Waals surface area contributed by atoms with Gasteiger partial charge in [-0.2, -0.15) is 10.2 Å². The van der Waals surface area contributed by atoms with Gasteiger partial charge in [-0.1, -0.05) is 23.3 Å². The molecular formula is C23H25ClN10O3. The summed E-state index contributed by atoms with van der Waals surface area (Å²) in [4.78, 5) is 25.8. The number of β-amino-alcohol motifs (C(OH)–C–C–N with tert-alkyl or cyclic N) is 1. The molecule has 37 heavy (non-hydrogen) atoms. The number of imidazole rings is 1. The van der Waals surface area contributed by atoms with E-state index in [2.05, 4.69) is 41.9 Å². The number of carbonyl (C=O) groups is 1. The predicted octanol–water partition coefficient (Wildman–Crippen LogP) is 3.06. The third kappa shape index (κ3) is 5.43. The zero-order valence-corrected chi connectivity index (χ0v) is 21.0. The molecule has 1 aromatic carbocycles. The van der Waals surface area contributed by atoms with Crippen LogP contribution in [-0.2, 0) is 4.74 Å². The van der Waals surface area contributed by atoms with Gasteiger partial charge in [-0.25, -0.2) is 9.78 Å². The number of rotatable bonds is 7. The van der Waals surface area contributed by atoms with Crippen LogP contribution in [0.1, 0.15) is 25.8 Å².